The lowest BCUT2D eigenvalue weighted by atomic mass is 9.95. The van der Waals surface area contributed by atoms with Gasteiger partial charge in [-0.2, -0.15) is 8.75 Å². The molecule has 2 atom stereocenters. The summed E-state index contributed by atoms with van der Waals surface area (Å²) < 4.78 is 16.9. The molecule has 0 fully saturated rings. The van der Waals surface area contributed by atoms with Crippen molar-refractivity contribution in [1.82, 2.24) is 8.75 Å². The largest absolute Gasteiger partial charge is 0.309 e. The molecule has 204 valence electrons. The minimum absolute atomic E-state index is 0.771. The summed E-state index contributed by atoms with van der Waals surface area (Å²) in [5.41, 5.74) is 6.75. The molecule has 0 amide bonds. The molecule has 5 rings (SSSR count). The number of nitrogens with one attached hydrogen (secondary N) is 2. The zero-order chi connectivity index (χ0) is 26.5. The van der Waals surface area contributed by atoms with Gasteiger partial charge in [-0.1, -0.05) is 79.1 Å². The van der Waals surface area contributed by atoms with Gasteiger partial charge in [-0.05, 0) is 48.9 Å². The highest BCUT2D eigenvalue weighted by Crippen LogP contribution is 2.53. The van der Waals surface area contributed by atoms with Crippen LogP contribution in [0.15, 0.2) is 24.3 Å². The Bertz CT molecular complexity index is 1240. The first-order chi connectivity index (χ1) is 18.7. The van der Waals surface area contributed by atoms with Crippen molar-refractivity contribution in [2.45, 2.75) is 91.9 Å². The molecular weight excluding hydrogens is 545 g/mol. The van der Waals surface area contributed by atoms with Gasteiger partial charge in [0.25, 0.3) is 0 Å². The Hall–Kier alpha value is -1.61. The molecule has 1 aliphatic heterocycles. The van der Waals surface area contributed by atoms with Crippen molar-refractivity contribution in [1.29, 1.82) is 0 Å². The molecule has 4 nitrogen and oxygen atoms in total. The smallest absolute Gasteiger partial charge is 0.116 e. The number of fused-ring (bicyclic) bond motifs is 2. The van der Waals surface area contributed by atoms with Crippen molar-refractivity contribution < 1.29 is 0 Å². The van der Waals surface area contributed by atoms with Gasteiger partial charge in [-0.3, -0.25) is 0 Å². The Balaban J connectivity index is 1.48. The van der Waals surface area contributed by atoms with Crippen LogP contribution in [0.2, 0.25) is 0 Å². The molecule has 0 spiro atoms. The summed E-state index contributed by atoms with van der Waals surface area (Å²) in [6, 6.07) is 9.28. The average Bonchev–Trinajstić information content (AvgIpc) is 3.75. The van der Waals surface area contributed by atoms with E-state index in [0.29, 0.717) is 0 Å². The van der Waals surface area contributed by atoms with Crippen molar-refractivity contribution in [2.24, 2.45) is 11.8 Å². The molecule has 4 heterocycles. The third-order valence-electron chi connectivity index (χ3n) is 7.90. The number of rotatable bonds is 14. The average molecular weight is 585 g/mol. The standard InChI is InChI=1S/C30H40N4S4/c1-5-9-11-19(7-3)17-21-13-15-23(35-21)25-27-29(33-37-31-27)26(30-28(25)32-38-34-30)24-16-14-22(36-24)18-20(8-4)12-10-6-2/h13-16,19-20,31,33H,5-12,17-18H2,1-4H3. The quantitative estimate of drug-likeness (QED) is 0.144. The van der Waals surface area contributed by atoms with E-state index >= 15 is 0 Å². The van der Waals surface area contributed by atoms with Gasteiger partial charge in [0.15, 0.2) is 0 Å². The van der Waals surface area contributed by atoms with Crippen molar-refractivity contribution in [2.75, 3.05) is 9.44 Å². The number of nitrogens with zero attached hydrogens (tertiary/aromatic N) is 2. The molecule has 0 radical (unpaired) electrons. The first-order valence-electron chi connectivity index (χ1n) is 14.3. The number of thiophene rings is 2. The van der Waals surface area contributed by atoms with Gasteiger partial charge in [0, 0.05) is 30.6 Å². The second-order valence-electron chi connectivity index (χ2n) is 10.5. The molecule has 3 aromatic heterocycles. The van der Waals surface area contributed by atoms with Crippen LogP contribution in [0.3, 0.4) is 0 Å². The predicted molar refractivity (Wildman–Crippen MR) is 173 cm³/mol. The van der Waals surface area contributed by atoms with Crippen LogP contribution in [-0.2, 0) is 12.8 Å². The Labute approximate surface area is 244 Å². The van der Waals surface area contributed by atoms with Gasteiger partial charge >= 0.3 is 0 Å². The number of aromatic nitrogens is 2. The lowest BCUT2D eigenvalue weighted by Crippen LogP contribution is -2.01. The minimum Gasteiger partial charge on any atom is -0.309 e. The zero-order valence-corrected chi connectivity index (χ0v) is 26.3. The maximum Gasteiger partial charge on any atom is 0.116 e. The van der Waals surface area contributed by atoms with Gasteiger partial charge < -0.3 is 9.44 Å². The summed E-state index contributed by atoms with van der Waals surface area (Å²) in [6.45, 7) is 9.25. The van der Waals surface area contributed by atoms with Crippen molar-refractivity contribution >= 4 is 68.9 Å². The molecule has 0 bridgehead atoms. The lowest BCUT2D eigenvalue weighted by Gasteiger charge is -2.13. The van der Waals surface area contributed by atoms with Crippen molar-refractivity contribution in [3.63, 3.8) is 0 Å². The Morgan fingerprint density at radius 2 is 1.16 bits per heavy atom. The molecule has 1 aliphatic rings. The van der Waals surface area contributed by atoms with E-state index in [0.717, 1.165) is 34.2 Å². The van der Waals surface area contributed by atoms with E-state index in [1.807, 2.05) is 22.7 Å². The molecule has 8 heteroatoms. The summed E-state index contributed by atoms with van der Waals surface area (Å²) >= 11 is 6.74. The fourth-order valence-electron chi connectivity index (χ4n) is 5.51. The molecule has 0 aliphatic carbocycles. The summed E-state index contributed by atoms with van der Waals surface area (Å²) in [6.07, 6.45) is 12.7. The molecule has 0 saturated carbocycles. The van der Waals surface area contributed by atoms with E-state index in [1.165, 1.54) is 107 Å². The number of hydrogen-bond donors (Lipinski definition) is 2. The molecule has 2 N–H and O–H groups in total. The number of unbranched alkanes of at least 4 members (excludes halogenated alkanes) is 2. The van der Waals surface area contributed by atoms with Crippen LogP contribution in [0.1, 0.15) is 88.8 Å². The first-order valence-corrected chi connectivity index (χ1v) is 17.5. The number of anilines is 2. The Morgan fingerprint density at radius 1 is 0.684 bits per heavy atom. The number of hydrogen-bond acceptors (Lipinski definition) is 8. The van der Waals surface area contributed by atoms with Crippen molar-refractivity contribution in [3.8, 4) is 20.9 Å². The molecule has 2 unspecified atom stereocenters. The molecule has 4 aromatic rings. The minimum atomic E-state index is 0.771. The van der Waals surface area contributed by atoms with Gasteiger partial charge in [-0.25, -0.2) is 0 Å². The Morgan fingerprint density at radius 3 is 1.58 bits per heavy atom. The van der Waals surface area contributed by atoms with Crippen LogP contribution in [0.5, 0.6) is 0 Å². The van der Waals surface area contributed by atoms with Gasteiger partial charge in [-0.15, -0.1) is 22.7 Å². The third kappa shape index (κ3) is 5.93. The molecule has 38 heavy (non-hydrogen) atoms. The highest BCUT2D eigenvalue weighted by atomic mass is 32.2. The fraction of sp³-hybridized carbons (Fsp3) is 0.533. The summed E-state index contributed by atoms with van der Waals surface area (Å²) in [5.74, 6) is 1.54. The normalized spacial score (nSPS) is 14.4. The SMILES string of the molecule is CCCCC(CC)Cc1ccc(-c2c3c(c(-c4ccc(CC(CC)CCCC)s4)c4nsnc24)NSN3)s1. The van der Waals surface area contributed by atoms with Crippen molar-refractivity contribution in [3.05, 3.63) is 34.0 Å². The van der Waals surface area contributed by atoms with E-state index in [2.05, 4.69) is 61.4 Å². The zero-order valence-electron chi connectivity index (χ0n) is 23.1. The third-order valence-corrected chi connectivity index (χ3v) is 11.3. The van der Waals surface area contributed by atoms with E-state index in [4.69, 9.17) is 8.75 Å². The van der Waals surface area contributed by atoms with Gasteiger partial charge in [0.1, 0.15) is 11.0 Å². The summed E-state index contributed by atoms with van der Waals surface area (Å²) in [4.78, 5) is 5.53. The summed E-state index contributed by atoms with van der Waals surface area (Å²) in [5, 5.41) is 0. The number of benzene rings is 1. The van der Waals surface area contributed by atoms with Crippen LogP contribution in [0.4, 0.5) is 11.4 Å². The van der Waals surface area contributed by atoms with Crippen LogP contribution < -0.4 is 9.44 Å². The highest BCUT2D eigenvalue weighted by molar-refractivity contribution is 8.02. The lowest BCUT2D eigenvalue weighted by molar-refractivity contribution is 0.452. The topological polar surface area (TPSA) is 49.8 Å². The fourth-order valence-corrected chi connectivity index (χ4v) is 9.09. The second kappa shape index (κ2) is 13.2. The monoisotopic (exact) mass is 584 g/mol. The predicted octanol–water partition coefficient (Wildman–Crippen LogP) is 11.1. The van der Waals surface area contributed by atoms with Gasteiger partial charge in [0.05, 0.1) is 35.2 Å². The Kier molecular flexibility index (Phi) is 9.68. The highest BCUT2D eigenvalue weighted by Gasteiger charge is 2.29. The van der Waals surface area contributed by atoms with E-state index < -0.39 is 0 Å². The molecular formula is C30H40N4S4. The molecule has 1 aromatic carbocycles. The van der Waals surface area contributed by atoms with E-state index in [-0.39, 0.29) is 0 Å². The second-order valence-corrected chi connectivity index (χ2v) is 14.0. The van der Waals surface area contributed by atoms with Gasteiger partial charge in [0.2, 0.25) is 0 Å². The van der Waals surface area contributed by atoms with E-state index in [1.54, 1.807) is 12.1 Å². The van der Waals surface area contributed by atoms with Crippen LogP contribution in [0.25, 0.3) is 31.9 Å². The summed E-state index contributed by atoms with van der Waals surface area (Å²) in [7, 11) is 0. The van der Waals surface area contributed by atoms with Crippen LogP contribution in [0, 0.1) is 11.8 Å². The van der Waals surface area contributed by atoms with Crippen LogP contribution >= 0.6 is 46.5 Å². The maximum absolute atomic E-state index is 4.85. The first kappa shape index (κ1) is 27.9. The molecule has 0 saturated heterocycles. The maximum atomic E-state index is 4.85. The van der Waals surface area contributed by atoms with Crippen LogP contribution in [-0.4, -0.2) is 8.75 Å². The van der Waals surface area contributed by atoms with E-state index in [9.17, 15) is 0 Å².